The Labute approximate surface area is 166 Å². The van der Waals surface area contributed by atoms with E-state index in [1.807, 2.05) is 36.1 Å². The van der Waals surface area contributed by atoms with E-state index in [4.69, 9.17) is 0 Å². The number of aryl methyl sites for hydroxylation is 1. The summed E-state index contributed by atoms with van der Waals surface area (Å²) < 4.78 is 0. The van der Waals surface area contributed by atoms with Crippen molar-refractivity contribution in [1.29, 1.82) is 0 Å². The third-order valence-corrected chi connectivity index (χ3v) is 6.18. The summed E-state index contributed by atoms with van der Waals surface area (Å²) in [7, 11) is 0. The lowest BCUT2D eigenvalue weighted by Crippen LogP contribution is -2.45. The Morgan fingerprint density at radius 1 is 1.04 bits per heavy atom. The lowest BCUT2D eigenvalue weighted by Gasteiger charge is -2.32. The number of hydrogen-bond donors (Lipinski definition) is 1. The Morgan fingerprint density at radius 2 is 1.75 bits per heavy atom. The molecule has 1 fully saturated rings. The molecule has 146 valence electrons. The summed E-state index contributed by atoms with van der Waals surface area (Å²) in [5, 5.41) is 3.12. The van der Waals surface area contributed by atoms with Gasteiger partial charge in [-0.25, -0.2) is 0 Å². The van der Waals surface area contributed by atoms with Crippen LogP contribution in [0.5, 0.6) is 0 Å². The second-order valence-corrected chi connectivity index (χ2v) is 8.48. The first-order chi connectivity index (χ1) is 13.4. The average molecular weight is 377 g/mol. The van der Waals surface area contributed by atoms with Crippen molar-refractivity contribution < 1.29 is 9.59 Å². The maximum Gasteiger partial charge on any atom is 0.240 e. The second-order valence-electron chi connectivity index (χ2n) is 8.48. The standard InChI is InChI=1S/C24H28N2O2/c1-16(2)20-10-6-7-17(3)21(20)25-22(27)24(12-13-24)23(28)26-14-11-18-8-4-5-9-19(18)15-26/h4-10,16H,11-15H2,1-3H3,(H,25,27). The third kappa shape index (κ3) is 3.21. The summed E-state index contributed by atoms with van der Waals surface area (Å²) in [5.74, 6) is 0.145. The molecule has 0 unspecified atom stereocenters. The van der Waals surface area contributed by atoms with E-state index in [0.717, 1.165) is 23.2 Å². The van der Waals surface area contributed by atoms with E-state index in [1.54, 1.807) is 0 Å². The van der Waals surface area contributed by atoms with E-state index in [1.165, 1.54) is 11.1 Å². The highest BCUT2D eigenvalue weighted by molar-refractivity contribution is 6.13. The Bertz CT molecular complexity index is 928. The van der Waals surface area contributed by atoms with Gasteiger partial charge in [0.2, 0.25) is 11.8 Å². The van der Waals surface area contributed by atoms with Crippen LogP contribution in [0.3, 0.4) is 0 Å². The summed E-state index contributed by atoms with van der Waals surface area (Å²) in [6.45, 7) is 7.53. The molecular formula is C24H28N2O2. The van der Waals surface area contributed by atoms with Crippen molar-refractivity contribution in [2.24, 2.45) is 5.41 Å². The number of para-hydroxylation sites is 1. The maximum atomic E-state index is 13.3. The van der Waals surface area contributed by atoms with Gasteiger partial charge in [-0.15, -0.1) is 0 Å². The summed E-state index contributed by atoms with van der Waals surface area (Å²) in [4.78, 5) is 28.4. The number of fused-ring (bicyclic) bond motifs is 1. The topological polar surface area (TPSA) is 49.4 Å². The van der Waals surface area contributed by atoms with Crippen molar-refractivity contribution in [3.8, 4) is 0 Å². The number of rotatable bonds is 4. The maximum absolute atomic E-state index is 13.3. The Hall–Kier alpha value is -2.62. The number of amides is 2. The molecule has 4 heteroatoms. The zero-order valence-electron chi connectivity index (χ0n) is 16.9. The normalized spacial score (nSPS) is 17.2. The predicted octanol–water partition coefficient (Wildman–Crippen LogP) is 4.42. The SMILES string of the molecule is Cc1cccc(C(C)C)c1NC(=O)C1(C(=O)N2CCc3ccccc3C2)CC1. The van der Waals surface area contributed by atoms with Crippen molar-refractivity contribution in [3.63, 3.8) is 0 Å². The molecule has 0 radical (unpaired) electrons. The first-order valence-electron chi connectivity index (χ1n) is 10.2. The molecule has 1 saturated carbocycles. The van der Waals surface area contributed by atoms with Gasteiger partial charge in [0.25, 0.3) is 0 Å². The fraction of sp³-hybridized carbons (Fsp3) is 0.417. The first kappa shape index (κ1) is 18.7. The van der Waals surface area contributed by atoms with Gasteiger partial charge in [0, 0.05) is 18.8 Å². The van der Waals surface area contributed by atoms with Gasteiger partial charge in [-0.05, 0) is 54.4 Å². The van der Waals surface area contributed by atoms with E-state index in [9.17, 15) is 9.59 Å². The van der Waals surface area contributed by atoms with Crippen LogP contribution in [-0.4, -0.2) is 23.3 Å². The highest BCUT2D eigenvalue weighted by atomic mass is 16.2. The lowest BCUT2D eigenvalue weighted by atomic mass is 9.95. The van der Waals surface area contributed by atoms with Gasteiger partial charge in [-0.2, -0.15) is 0 Å². The summed E-state index contributed by atoms with van der Waals surface area (Å²) in [6.07, 6.45) is 2.13. The van der Waals surface area contributed by atoms with Gasteiger partial charge in [0.1, 0.15) is 5.41 Å². The van der Waals surface area contributed by atoms with Crippen LogP contribution in [0.15, 0.2) is 42.5 Å². The Kier molecular flexibility index (Phi) is 4.74. The molecule has 0 aromatic heterocycles. The van der Waals surface area contributed by atoms with Crippen LogP contribution in [0.2, 0.25) is 0 Å². The van der Waals surface area contributed by atoms with Crippen molar-refractivity contribution in [2.45, 2.75) is 52.5 Å². The summed E-state index contributed by atoms with van der Waals surface area (Å²) in [5.41, 5.74) is 4.63. The van der Waals surface area contributed by atoms with E-state index in [-0.39, 0.29) is 11.8 Å². The number of nitrogens with one attached hydrogen (secondary N) is 1. The van der Waals surface area contributed by atoms with Gasteiger partial charge in [0.15, 0.2) is 0 Å². The van der Waals surface area contributed by atoms with Crippen LogP contribution in [-0.2, 0) is 22.6 Å². The molecule has 2 aromatic carbocycles. The molecule has 0 saturated heterocycles. The van der Waals surface area contributed by atoms with Crippen molar-refractivity contribution in [3.05, 3.63) is 64.7 Å². The minimum absolute atomic E-state index is 0.0146. The Balaban J connectivity index is 1.54. The summed E-state index contributed by atoms with van der Waals surface area (Å²) in [6, 6.07) is 14.3. The van der Waals surface area contributed by atoms with Gasteiger partial charge in [-0.1, -0.05) is 56.3 Å². The number of nitrogens with zero attached hydrogens (tertiary/aromatic N) is 1. The molecule has 0 spiro atoms. The monoisotopic (exact) mass is 376 g/mol. The number of anilines is 1. The zero-order valence-corrected chi connectivity index (χ0v) is 16.9. The number of carbonyl (C=O) groups is 2. The second kappa shape index (κ2) is 7.08. The molecule has 2 aliphatic rings. The molecule has 2 aromatic rings. The van der Waals surface area contributed by atoms with Crippen LogP contribution in [0.25, 0.3) is 0 Å². The molecule has 0 atom stereocenters. The molecule has 1 N–H and O–H groups in total. The highest BCUT2D eigenvalue weighted by Gasteiger charge is 2.58. The molecular weight excluding hydrogens is 348 g/mol. The molecule has 1 aliphatic heterocycles. The number of benzene rings is 2. The molecule has 4 nitrogen and oxygen atoms in total. The first-order valence-corrected chi connectivity index (χ1v) is 10.2. The Morgan fingerprint density at radius 3 is 2.43 bits per heavy atom. The van der Waals surface area contributed by atoms with E-state index in [0.29, 0.717) is 31.8 Å². The molecule has 2 amide bonds. The highest BCUT2D eigenvalue weighted by Crippen LogP contribution is 2.49. The minimum Gasteiger partial charge on any atom is -0.337 e. The van der Waals surface area contributed by atoms with E-state index in [2.05, 4.69) is 37.4 Å². The van der Waals surface area contributed by atoms with Crippen molar-refractivity contribution >= 4 is 17.5 Å². The number of carbonyl (C=O) groups excluding carboxylic acids is 2. The van der Waals surface area contributed by atoms with Crippen LogP contribution in [0.4, 0.5) is 5.69 Å². The van der Waals surface area contributed by atoms with Crippen molar-refractivity contribution in [1.82, 2.24) is 4.90 Å². The molecule has 1 heterocycles. The lowest BCUT2D eigenvalue weighted by molar-refractivity contribution is -0.143. The van der Waals surface area contributed by atoms with E-state index < -0.39 is 5.41 Å². The van der Waals surface area contributed by atoms with E-state index >= 15 is 0 Å². The smallest absolute Gasteiger partial charge is 0.240 e. The van der Waals surface area contributed by atoms with Crippen molar-refractivity contribution in [2.75, 3.05) is 11.9 Å². The molecule has 1 aliphatic carbocycles. The quantitative estimate of drug-likeness (QED) is 0.803. The zero-order chi connectivity index (χ0) is 19.9. The summed E-state index contributed by atoms with van der Waals surface area (Å²) >= 11 is 0. The van der Waals surface area contributed by atoms with Crippen LogP contribution in [0.1, 0.15) is 54.9 Å². The van der Waals surface area contributed by atoms with Gasteiger partial charge < -0.3 is 10.2 Å². The predicted molar refractivity (Wildman–Crippen MR) is 111 cm³/mol. The van der Waals surface area contributed by atoms with Crippen LogP contribution in [0, 0.1) is 12.3 Å². The molecule has 28 heavy (non-hydrogen) atoms. The molecule has 4 rings (SSSR count). The fourth-order valence-corrected chi connectivity index (χ4v) is 4.21. The van der Waals surface area contributed by atoms with Gasteiger partial charge in [-0.3, -0.25) is 9.59 Å². The largest absolute Gasteiger partial charge is 0.337 e. The molecule has 0 bridgehead atoms. The third-order valence-electron chi connectivity index (χ3n) is 6.18. The number of hydrogen-bond acceptors (Lipinski definition) is 2. The van der Waals surface area contributed by atoms with Crippen LogP contribution >= 0.6 is 0 Å². The average Bonchev–Trinajstić information content (AvgIpc) is 3.50. The van der Waals surface area contributed by atoms with Gasteiger partial charge >= 0.3 is 0 Å². The van der Waals surface area contributed by atoms with Gasteiger partial charge in [0.05, 0.1) is 0 Å². The fourth-order valence-electron chi connectivity index (χ4n) is 4.21. The minimum atomic E-state index is -0.886. The van der Waals surface area contributed by atoms with Crippen LogP contribution < -0.4 is 5.32 Å².